The molecule has 34 heavy (non-hydrogen) atoms. The Kier molecular flexibility index (Phi) is 20.6. The molecule has 0 bridgehead atoms. The molecule has 204 valence electrons. The van der Waals surface area contributed by atoms with Gasteiger partial charge in [0, 0.05) is 6.04 Å². The molecular weight excluding hydrogens is 412 g/mol. The maximum atomic E-state index is 4.12. The van der Waals surface area contributed by atoms with E-state index in [1.165, 1.54) is 109 Å². The van der Waals surface area contributed by atoms with Crippen molar-refractivity contribution in [3.05, 3.63) is 12.2 Å². The normalized spacial score (nSPS) is 19.4. The first-order chi connectivity index (χ1) is 16.3. The maximum Gasteiger partial charge on any atom is 0.00385 e. The van der Waals surface area contributed by atoms with Crippen LogP contribution in [-0.2, 0) is 0 Å². The van der Waals surface area contributed by atoms with Crippen LogP contribution in [0.4, 0.5) is 0 Å². The summed E-state index contributed by atoms with van der Waals surface area (Å²) in [4.78, 5) is 5.32. The largest absolute Gasteiger partial charge is 0.303 e. The lowest BCUT2D eigenvalue weighted by Gasteiger charge is -2.35. The summed E-state index contributed by atoms with van der Waals surface area (Å²) >= 11 is 0. The van der Waals surface area contributed by atoms with Crippen LogP contribution in [0.5, 0.6) is 0 Å². The lowest BCUT2D eigenvalue weighted by Crippen LogP contribution is -2.38. The zero-order valence-electron chi connectivity index (χ0n) is 25.3. The van der Waals surface area contributed by atoms with Gasteiger partial charge in [-0.2, -0.15) is 0 Å². The Hall–Kier alpha value is -0.340. The first-order valence-electron chi connectivity index (χ1n) is 15.4. The second-order valence-electron chi connectivity index (χ2n) is 11.4. The molecule has 0 saturated carbocycles. The summed E-state index contributed by atoms with van der Waals surface area (Å²) in [7, 11) is 0. The molecule has 2 aliphatic rings. The van der Waals surface area contributed by atoms with Crippen LogP contribution < -0.4 is 0 Å². The van der Waals surface area contributed by atoms with E-state index in [-0.39, 0.29) is 0 Å². The Labute approximate surface area is 217 Å². The molecule has 2 aliphatic heterocycles. The Morgan fingerprint density at radius 2 is 1.38 bits per heavy atom. The minimum Gasteiger partial charge on any atom is -0.303 e. The Bertz CT molecular complexity index is 450. The van der Waals surface area contributed by atoms with Gasteiger partial charge < -0.3 is 9.80 Å². The molecule has 2 heterocycles. The highest BCUT2D eigenvalue weighted by molar-refractivity contribution is 4.98. The summed E-state index contributed by atoms with van der Waals surface area (Å²) in [6.45, 7) is 30.8. The van der Waals surface area contributed by atoms with E-state index < -0.39 is 0 Å². The second-order valence-corrected chi connectivity index (χ2v) is 11.4. The van der Waals surface area contributed by atoms with Gasteiger partial charge >= 0.3 is 0 Å². The van der Waals surface area contributed by atoms with Crippen LogP contribution in [0.1, 0.15) is 133 Å². The zero-order valence-corrected chi connectivity index (χ0v) is 25.3. The summed E-state index contributed by atoms with van der Waals surface area (Å²) < 4.78 is 0. The molecule has 2 saturated heterocycles. The van der Waals surface area contributed by atoms with Crippen LogP contribution in [0.25, 0.3) is 0 Å². The van der Waals surface area contributed by atoms with Crippen LogP contribution in [0.15, 0.2) is 12.2 Å². The maximum absolute atomic E-state index is 4.12. The molecule has 0 amide bonds. The van der Waals surface area contributed by atoms with Gasteiger partial charge in [0.25, 0.3) is 0 Å². The quantitative estimate of drug-likeness (QED) is 0.258. The molecule has 0 N–H and O–H groups in total. The summed E-state index contributed by atoms with van der Waals surface area (Å²) in [6.07, 6.45) is 15.3. The van der Waals surface area contributed by atoms with Gasteiger partial charge in [0.05, 0.1) is 0 Å². The summed E-state index contributed by atoms with van der Waals surface area (Å²) in [5, 5.41) is 0. The standard InChI is InChI=1S/C19H36N2.C11H24.C2H6/c1-16(2)19-9-12-20(13-10-19)11-5-6-18-7-14-21(15-8-18)17(3)4;1-5-8-11(9-6-2)10(4)7-3;1-2/h17-19H,1,5-15H2,2-4H3;10-11H,5-9H2,1-4H3;1-2H3. The van der Waals surface area contributed by atoms with E-state index in [9.17, 15) is 0 Å². The smallest absolute Gasteiger partial charge is 0.00385 e. The van der Waals surface area contributed by atoms with Crippen molar-refractivity contribution in [3.63, 3.8) is 0 Å². The highest BCUT2D eigenvalue weighted by Gasteiger charge is 2.22. The van der Waals surface area contributed by atoms with Crippen LogP contribution in [0.2, 0.25) is 0 Å². The number of piperidine rings is 2. The zero-order chi connectivity index (χ0) is 25.9. The van der Waals surface area contributed by atoms with Crippen molar-refractivity contribution in [2.24, 2.45) is 23.7 Å². The minimum atomic E-state index is 0.737. The molecule has 0 aliphatic carbocycles. The fraction of sp³-hybridized carbons (Fsp3) is 0.938. The third-order valence-electron chi connectivity index (χ3n) is 8.52. The average Bonchev–Trinajstić information content (AvgIpc) is 2.85. The molecule has 0 radical (unpaired) electrons. The third-order valence-corrected chi connectivity index (χ3v) is 8.52. The molecule has 1 atom stereocenters. The molecule has 0 spiro atoms. The van der Waals surface area contributed by atoms with Crippen molar-refractivity contribution in [2.45, 2.75) is 139 Å². The van der Waals surface area contributed by atoms with Crippen molar-refractivity contribution in [1.29, 1.82) is 0 Å². The van der Waals surface area contributed by atoms with Gasteiger partial charge in [0.2, 0.25) is 0 Å². The highest BCUT2D eigenvalue weighted by atomic mass is 15.1. The summed E-state index contributed by atoms with van der Waals surface area (Å²) in [6, 6.07) is 0.737. The molecule has 2 nitrogen and oxygen atoms in total. The monoisotopic (exact) mass is 479 g/mol. The molecule has 1 unspecified atom stereocenters. The molecule has 0 aromatic rings. The van der Waals surface area contributed by atoms with Gasteiger partial charge in [0.15, 0.2) is 0 Å². The lowest BCUT2D eigenvalue weighted by atomic mass is 9.85. The topological polar surface area (TPSA) is 6.48 Å². The molecule has 2 heteroatoms. The Morgan fingerprint density at radius 1 is 0.853 bits per heavy atom. The SMILES string of the molecule is C=C(C)C1CCN(CCCC2CCN(C(C)C)CC2)CC1.CC.CCCC(CCC)C(C)CC. The van der Waals surface area contributed by atoms with Crippen molar-refractivity contribution < 1.29 is 0 Å². The molecular formula is C32H66N2. The van der Waals surface area contributed by atoms with E-state index in [0.29, 0.717) is 0 Å². The van der Waals surface area contributed by atoms with Gasteiger partial charge in [-0.15, -0.1) is 0 Å². The highest BCUT2D eigenvalue weighted by Crippen LogP contribution is 2.26. The molecule has 0 aromatic carbocycles. The summed E-state index contributed by atoms with van der Waals surface area (Å²) in [5.74, 6) is 3.72. The van der Waals surface area contributed by atoms with E-state index >= 15 is 0 Å². The van der Waals surface area contributed by atoms with Gasteiger partial charge in [-0.3, -0.25) is 0 Å². The number of rotatable bonds is 12. The van der Waals surface area contributed by atoms with Crippen molar-refractivity contribution in [1.82, 2.24) is 9.80 Å². The minimum absolute atomic E-state index is 0.737. The third kappa shape index (κ3) is 14.3. The Morgan fingerprint density at radius 3 is 1.79 bits per heavy atom. The second kappa shape index (κ2) is 20.8. The van der Waals surface area contributed by atoms with Crippen LogP contribution in [0, 0.1) is 23.7 Å². The van der Waals surface area contributed by atoms with Crippen molar-refractivity contribution >= 4 is 0 Å². The number of nitrogens with zero attached hydrogens (tertiary/aromatic N) is 2. The van der Waals surface area contributed by atoms with Gasteiger partial charge in [-0.05, 0) is 116 Å². The fourth-order valence-corrected chi connectivity index (χ4v) is 5.80. The first kappa shape index (κ1) is 33.7. The van der Waals surface area contributed by atoms with Gasteiger partial charge in [-0.25, -0.2) is 0 Å². The van der Waals surface area contributed by atoms with E-state index in [1.54, 1.807) is 0 Å². The van der Waals surface area contributed by atoms with Crippen LogP contribution in [0.3, 0.4) is 0 Å². The molecule has 2 fully saturated rings. The first-order valence-corrected chi connectivity index (χ1v) is 15.4. The van der Waals surface area contributed by atoms with E-state index in [2.05, 4.69) is 64.8 Å². The van der Waals surface area contributed by atoms with E-state index in [1.807, 2.05) is 13.8 Å². The predicted octanol–water partition coefficient (Wildman–Crippen LogP) is 9.45. The molecule has 2 rings (SSSR count). The van der Waals surface area contributed by atoms with Crippen molar-refractivity contribution in [3.8, 4) is 0 Å². The van der Waals surface area contributed by atoms with Crippen molar-refractivity contribution in [2.75, 3.05) is 32.7 Å². The predicted molar refractivity (Wildman–Crippen MR) is 157 cm³/mol. The number of hydrogen-bond donors (Lipinski definition) is 0. The average molecular weight is 479 g/mol. The fourth-order valence-electron chi connectivity index (χ4n) is 5.80. The molecule has 0 aromatic heterocycles. The number of allylic oxidation sites excluding steroid dienone is 1. The van der Waals surface area contributed by atoms with E-state index in [0.717, 1.165) is 29.7 Å². The Balaban J connectivity index is 0.000000712. The number of likely N-dealkylation sites (tertiary alicyclic amines) is 2. The van der Waals surface area contributed by atoms with Crippen LogP contribution in [-0.4, -0.2) is 48.6 Å². The van der Waals surface area contributed by atoms with Gasteiger partial charge in [0.1, 0.15) is 0 Å². The number of hydrogen-bond acceptors (Lipinski definition) is 2. The van der Waals surface area contributed by atoms with Crippen LogP contribution >= 0.6 is 0 Å². The summed E-state index contributed by atoms with van der Waals surface area (Å²) in [5.41, 5.74) is 1.39. The van der Waals surface area contributed by atoms with Gasteiger partial charge in [-0.1, -0.05) is 85.8 Å². The van der Waals surface area contributed by atoms with E-state index in [4.69, 9.17) is 0 Å². The lowest BCUT2D eigenvalue weighted by molar-refractivity contribution is 0.138.